The highest BCUT2D eigenvalue weighted by atomic mass is 32.2. The summed E-state index contributed by atoms with van der Waals surface area (Å²) in [6.45, 7) is 5.07. The number of benzene rings is 1. The van der Waals surface area contributed by atoms with E-state index in [0.29, 0.717) is 0 Å². The topological polar surface area (TPSA) is 101 Å². The molecule has 13 heteroatoms. The summed E-state index contributed by atoms with van der Waals surface area (Å²) in [6, 6.07) is 4.30. The second kappa shape index (κ2) is 9.58. The normalized spacial score (nSPS) is 26.0. The lowest BCUT2D eigenvalue weighted by Gasteiger charge is -2.32. The van der Waals surface area contributed by atoms with Gasteiger partial charge in [0.25, 0.3) is 5.91 Å². The van der Waals surface area contributed by atoms with Crippen LogP contribution in [0.3, 0.4) is 0 Å². The van der Waals surface area contributed by atoms with Crippen molar-refractivity contribution in [2.45, 2.75) is 62.6 Å². The molecule has 0 unspecified atom stereocenters. The minimum absolute atomic E-state index is 0.0198. The van der Waals surface area contributed by atoms with E-state index in [2.05, 4.69) is 10.3 Å². The number of aromatic nitrogens is 1. The number of ether oxygens (including phenoxy) is 2. The lowest BCUT2D eigenvalue weighted by atomic mass is 9.77. The lowest BCUT2D eigenvalue weighted by molar-refractivity contribution is -0.272. The summed E-state index contributed by atoms with van der Waals surface area (Å²) < 4.78 is 101. The zero-order valence-corrected chi connectivity index (χ0v) is 20.9. The molecule has 5 atom stereocenters. The van der Waals surface area contributed by atoms with E-state index in [1.54, 1.807) is 0 Å². The number of carbonyl (C=O) groups is 1. The molecule has 2 aromatic rings. The van der Waals surface area contributed by atoms with Crippen LogP contribution in [0.2, 0.25) is 0 Å². The van der Waals surface area contributed by atoms with Gasteiger partial charge >= 0.3 is 6.18 Å². The number of pyridine rings is 1. The summed E-state index contributed by atoms with van der Waals surface area (Å²) in [5, 5.41) is 2.26. The van der Waals surface area contributed by atoms with Gasteiger partial charge in [0, 0.05) is 35.5 Å². The largest absolute Gasteiger partial charge is 0.488 e. The molecular formula is C23H26F5N3O4S. The van der Waals surface area contributed by atoms with E-state index in [1.807, 2.05) is 0 Å². The first kappa shape index (κ1) is 27.8. The Morgan fingerprint density at radius 1 is 1.28 bits per heavy atom. The molecule has 0 aliphatic carbocycles. The zero-order chi connectivity index (χ0) is 27.2. The standard InChI is InChI=1S/C23H26F5N3O4S/c1-11(2)34-19-14(6-7-15(24)18(19)25)17-12(3)22(4,23(26,27)28)35-20(17)21(32)31-13-8-9-30-16(10-13)36(5,29)33/h6-12,17,20,29H,1-5H3,(H,30,31,32)/t12-,17-,20+,22+,36-/m0/s1. The van der Waals surface area contributed by atoms with Crippen molar-refractivity contribution in [1.82, 2.24) is 4.98 Å². The predicted molar refractivity (Wildman–Crippen MR) is 121 cm³/mol. The molecule has 3 rings (SSSR count). The average Bonchev–Trinajstić information content (AvgIpc) is 3.03. The second-order valence-electron chi connectivity index (χ2n) is 9.12. The lowest BCUT2D eigenvalue weighted by Crippen LogP contribution is -2.47. The maximum Gasteiger partial charge on any atom is 0.417 e. The van der Waals surface area contributed by atoms with Gasteiger partial charge in [0.05, 0.1) is 15.8 Å². The first-order valence-corrected chi connectivity index (χ1v) is 12.8. The van der Waals surface area contributed by atoms with E-state index in [4.69, 9.17) is 14.3 Å². The van der Waals surface area contributed by atoms with Crippen molar-refractivity contribution in [1.29, 1.82) is 4.78 Å². The molecule has 1 aliphatic heterocycles. The summed E-state index contributed by atoms with van der Waals surface area (Å²) in [6.07, 6.45) is -5.04. The molecule has 7 nitrogen and oxygen atoms in total. The number of amides is 1. The number of rotatable bonds is 6. The summed E-state index contributed by atoms with van der Waals surface area (Å²) in [5.74, 6) is -7.05. The third-order valence-corrected chi connectivity index (χ3v) is 7.14. The summed E-state index contributed by atoms with van der Waals surface area (Å²) in [4.78, 5) is 17.1. The van der Waals surface area contributed by atoms with Crippen LogP contribution in [0.15, 0.2) is 35.5 Å². The van der Waals surface area contributed by atoms with Gasteiger partial charge in [-0.05, 0) is 39.0 Å². The predicted octanol–water partition coefficient (Wildman–Crippen LogP) is 5.26. The van der Waals surface area contributed by atoms with Crippen molar-refractivity contribution in [3.05, 3.63) is 47.7 Å². The fourth-order valence-electron chi connectivity index (χ4n) is 4.10. The van der Waals surface area contributed by atoms with E-state index >= 15 is 0 Å². The highest BCUT2D eigenvalue weighted by Gasteiger charge is 2.66. The number of nitrogens with zero attached hydrogens (tertiary/aromatic N) is 1. The number of hydrogen-bond donors (Lipinski definition) is 2. The Morgan fingerprint density at radius 3 is 2.47 bits per heavy atom. The summed E-state index contributed by atoms with van der Waals surface area (Å²) >= 11 is 0. The van der Waals surface area contributed by atoms with Crippen molar-refractivity contribution in [2.24, 2.45) is 5.92 Å². The molecule has 1 amide bonds. The number of anilines is 1. The highest BCUT2D eigenvalue weighted by Crippen LogP contribution is 2.55. The molecule has 2 N–H and O–H groups in total. The molecule has 0 radical (unpaired) electrons. The first-order chi connectivity index (χ1) is 16.5. The maximum atomic E-state index is 14.7. The number of halogens is 5. The van der Waals surface area contributed by atoms with Crippen molar-refractivity contribution in [3.63, 3.8) is 0 Å². The Balaban J connectivity index is 2.11. The zero-order valence-electron chi connectivity index (χ0n) is 20.1. The molecule has 1 saturated heterocycles. The molecule has 1 aliphatic rings. The van der Waals surface area contributed by atoms with Gasteiger partial charge in [-0.15, -0.1) is 0 Å². The minimum atomic E-state index is -4.90. The van der Waals surface area contributed by atoms with Crippen LogP contribution in [0.4, 0.5) is 27.6 Å². The smallest absolute Gasteiger partial charge is 0.417 e. The van der Waals surface area contributed by atoms with Crippen LogP contribution < -0.4 is 10.1 Å². The van der Waals surface area contributed by atoms with Gasteiger partial charge in [0.1, 0.15) is 11.1 Å². The third kappa shape index (κ3) is 5.17. The van der Waals surface area contributed by atoms with Gasteiger partial charge in [-0.3, -0.25) is 4.79 Å². The Labute approximate surface area is 205 Å². The van der Waals surface area contributed by atoms with Crippen molar-refractivity contribution >= 4 is 21.3 Å². The molecule has 2 heterocycles. The quantitative estimate of drug-likeness (QED) is 0.492. The molecule has 0 bridgehead atoms. The molecule has 1 aromatic heterocycles. The Morgan fingerprint density at radius 2 is 1.92 bits per heavy atom. The average molecular weight is 536 g/mol. The van der Waals surface area contributed by atoms with Crippen molar-refractivity contribution in [3.8, 4) is 5.75 Å². The fraction of sp³-hybridized carbons (Fsp3) is 0.478. The van der Waals surface area contributed by atoms with Crippen LogP contribution in [-0.4, -0.2) is 45.3 Å². The molecule has 0 saturated carbocycles. The minimum Gasteiger partial charge on any atom is -0.488 e. The van der Waals surface area contributed by atoms with Crippen LogP contribution in [0.25, 0.3) is 0 Å². The fourth-order valence-corrected chi connectivity index (χ4v) is 4.72. The van der Waals surface area contributed by atoms with E-state index in [-0.39, 0.29) is 16.3 Å². The number of alkyl halides is 3. The van der Waals surface area contributed by atoms with Crippen LogP contribution in [0, 0.1) is 22.3 Å². The molecule has 0 spiro atoms. The summed E-state index contributed by atoms with van der Waals surface area (Å²) in [5.41, 5.74) is -2.94. The second-order valence-corrected chi connectivity index (χ2v) is 11.2. The monoisotopic (exact) mass is 535 g/mol. The van der Waals surface area contributed by atoms with Gasteiger partial charge in [0.15, 0.2) is 17.2 Å². The van der Waals surface area contributed by atoms with Gasteiger partial charge < -0.3 is 14.8 Å². The molecule has 1 aromatic carbocycles. The van der Waals surface area contributed by atoms with Crippen LogP contribution in [0.5, 0.6) is 5.75 Å². The van der Waals surface area contributed by atoms with Gasteiger partial charge in [-0.1, -0.05) is 13.0 Å². The Bertz CT molecular complexity index is 1270. The van der Waals surface area contributed by atoms with Crippen molar-refractivity contribution in [2.75, 3.05) is 11.6 Å². The van der Waals surface area contributed by atoms with Crippen LogP contribution in [-0.2, 0) is 19.3 Å². The van der Waals surface area contributed by atoms with E-state index in [9.17, 15) is 31.0 Å². The molecule has 1 fully saturated rings. The number of hydrogen-bond acceptors (Lipinski definition) is 6. The highest BCUT2D eigenvalue weighted by molar-refractivity contribution is 7.91. The summed E-state index contributed by atoms with van der Waals surface area (Å²) in [7, 11) is -3.24. The SMILES string of the molecule is CC(C)Oc1c([C@H]2[C@H](C(=O)Nc3ccnc([S@@](C)(=N)=O)c3)O[C@@](C)(C(F)(F)F)[C@H]2C)ccc(F)c1F. The third-order valence-electron chi connectivity index (χ3n) is 6.12. The molecule has 36 heavy (non-hydrogen) atoms. The maximum absolute atomic E-state index is 14.7. The van der Waals surface area contributed by atoms with Crippen LogP contribution in [0.1, 0.15) is 39.2 Å². The van der Waals surface area contributed by atoms with E-state index < -0.39 is 68.8 Å². The van der Waals surface area contributed by atoms with E-state index in [1.165, 1.54) is 33.0 Å². The Kier molecular flexibility index (Phi) is 7.39. The van der Waals surface area contributed by atoms with Gasteiger partial charge in [0.2, 0.25) is 5.82 Å². The van der Waals surface area contributed by atoms with Crippen LogP contribution >= 0.6 is 0 Å². The van der Waals surface area contributed by atoms with Crippen molar-refractivity contribution < 1.29 is 40.4 Å². The number of carbonyl (C=O) groups excluding carboxylic acids is 1. The first-order valence-electron chi connectivity index (χ1n) is 10.9. The molecule has 198 valence electrons. The van der Waals surface area contributed by atoms with Gasteiger partial charge in [-0.25, -0.2) is 18.4 Å². The Hall–Kier alpha value is -2.80. The van der Waals surface area contributed by atoms with Gasteiger partial charge in [-0.2, -0.15) is 17.6 Å². The molecular weight excluding hydrogens is 509 g/mol. The number of nitrogens with one attached hydrogen (secondary N) is 2. The van der Waals surface area contributed by atoms with E-state index in [0.717, 1.165) is 31.4 Å².